The van der Waals surface area contributed by atoms with Crippen LogP contribution >= 0.6 is 64.5 Å². The Labute approximate surface area is 864 Å². The fourth-order valence-electron chi connectivity index (χ4n) is 19.0. The zero-order valence-corrected chi connectivity index (χ0v) is 87.9. The van der Waals surface area contributed by atoms with Crippen molar-refractivity contribution in [1.82, 2.24) is 117 Å². The van der Waals surface area contributed by atoms with Crippen LogP contribution in [0.2, 0.25) is 0 Å². The Morgan fingerprint density at radius 3 is 1.45 bits per heavy atom. The number of aryl methyl sites for hydroxylation is 3. The molecule has 12 aromatic rings. The first-order valence-corrected chi connectivity index (χ1v) is 62.6. The highest BCUT2D eigenvalue weighted by Crippen LogP contribution is 2.66. The molecule has 0 aromatic carbocycles. The van der Waals surface area contributed by atoms with Gasteiger partial charge in [-0.25, -0.2) is 96.3 Å². The first-order chi connectivity index (χ1) is 71.0. The number of halogens is 5. The molecular weight excluding hydrogens is 2200 g/mol. The van der Waals surface area contributed by atoms with Crippen LogP contribution < -0.4 is 19.9 Å². The molecule has 0 saturated carbocycles. The number of nitrogens with zero attached hydrogens (tertiary/aromatic N) is 24. The van der Waals surface area contributed by atoms with Gasteiger partial charge in [0.25, 0.3) is 0 Å². The topological polar surface area (TPSA) is 565 Å². The highest BCUT2D eigenvalue weighted by atomic mass is 32.9. The third kappa shape index (κ3) is 20.9. The van der Waals surface area contributed by atoms with Crippen molar-refractivity contribution in [2.45, 2.75) is 199 Å². The number of fused-ring (bicyclic) bond motifs is 26. The maximum absolute atomic E-state index is 16.5. The second kappa shape index (κ2) is 42.2. The molecule has 0 amide bonds. The van der Waals surface area contributed by atoms with Crippen LogP contribution in [-0.4, -0.2) is 317 Å². The van der Waals surface area contributed by atoms with Crippen LogP contribution in [0, 0.1) is 0 Å². The zero-order valence-electron chi connectivity index (χ0n) is 77.5. The molecule has 148 heavy (non-hydrogen) atoms. The number of hydrogen-bond donors (Lipinski definition) is 5. The van der Waals surface area contributed by atoms with Gasteiger partial charge in [-0.05, 0) is 92.7 Å². The van der Waals surface area contributed by atoms with Gasteiger partial charge in [-0.1, -0.05) is 61.0 Å². The predicted octanol–water partition coefficient (Wildman–Crippen LogP) is 9.93. The quantitative estimate of drug-likeness (QED) is 0.0473. The summed E-state index contributed by atoms with van der Waals surface area (Å²) in [6.45, 7) is -12.8. The van der Waals surface area contributed by atoms with Gasteiger partial charge in [-0.3, -0.25) is 50.1 Å². The lowest BCUT2D eigenvalue weighted by atomic mass is 9.94. The van der Waals surface area contributed by atoms with Crippen LogP contribution in [0.25, 0.3) is 67.0 Å². The van der Waals surface area contributed by atoms with Crippen molar-refractivity contribution in [1.29, 1.82) is 0 Å². The Bertz CT molecular complexity index is 7320. The van der Waals surface area contributed by atoms with E-state index in [4.69, 9.17) is 155 Å². The smallest absolute Gasteiger partial charge is 0.386 e. The van der Waals surface area contributed by atoms with Crippen LogP contribution in [0.1, 0.15) is 87.1 Å². The Hall–Kier alpha value is -7.71. The summed E-state index contributed by atoms with van der Waals surface area (Å²) < 4.78 is 247. The van der Waals surface area contributed by atoms with E-state index in [1.54, 1.807) is 30.0 Å². The summed E-state index contributed by atoms with van der Waals surface area (Å²) in [5, 5.41) is 0. The summed E-state index contributed by atoms with van der Waals surface area (Å²) in [5.74, 6) is 0.297. The number of alkyl halides is 5. The minimum absolute atomic E-state index is 0.000110. The number of hydrogen-bond acceptors (Lipinski definition) is 47. The SMILES string of the molecule is COP(O)(=S)OC[C@H]1O[C@@H]2[C@H](F)[C@@H]1OP(C)(=S)OC[C@@H]1C[C@@H](F)[C@@H](O1)n1cnc3c(ncnc31)CC/C=C/COc1nc(N)nc3c1ncn32.CP1(=O)OC[C@H]2O[C@@H]3[C@H](F)[C@@H]2OP(O)(=S)OC[C@H]2O[C@H]([C@H](F)[C@@H]2O1)n1cnc2c(ncnc21)OC/C=C/CCc1ncnc2c1ncn23.C[C@@H]1O[C@H]2[C@H]3O[C@@]14COP(=S)(S)O[C@H]1[C@@H](F)[C@@H](O[C@@H]1COP(=O)(S)O[C@@H]24)n1cnc2c(ncnc21)OC/C=C/CCc1ncnc2c1ncn23. The molecule has 12 aromatic heterocycles. The molecule has 4 N–H and O–H groups in total. The third-order valence-corrected chi connectivity index (χ3v) is 36.1. The molecule has 9 saturated heterocycles. The molecule has 0 aliphatic carbocycles. The summed E-state index contributed by atoms with van der Waals surface area (Å²) in [6.07, 6.45) is -0.514. The van der Waals surface area contributed by atoms with Crippen molar-refractivity contribution in [2.75, 3.05) is 85.6 Å². The first kappa shape index (κ1) is 105. The van der Waals surface area contributed by atoms with E-state index in [0.717, 1.165) is 12.4 Å². The molecule has 792 valence electrons. The van der Waals surface area contributed by atoms with Crippen LogP contribution in [0.3, 0.4) is 0 Å². The molecule has 14 aliphatic rings. The standard InChI is InChI=1S/C27H33F2N9O8P2S2.C27H29FN8O9P2S3.C26H28F2N8O9P2S/c1-40-48(39,50)43-10-17-21-18(29)26(45-17)38-13-34-20-23(38)35-27(30)36-24(20)41-7-5-3-4-6-16-19-22(32-11-31-16)37(12-33-19)25-15(28)8-14(44-25)9-42-47(2,49)46-21;1-13-27-8-40-47(49,50)44-19-15-7-39-46(37,48)45-21(27)20(41-13)26(43-27)36-11-33-17-14(29-9-30-22(17)36)5-3-2-4-6-38-24-18-23(31-10-32-24)35(12-34-18)25(42-15)16(19)28;1-46(37)40-7-14-21-17(28)26(42-14)35-11-33-18-13(29-9-30-22(18)35)5-3-2-4-6-39-24-19-23(31-10-32-24)36(12-34-19)25-16(27)20(44-46)15(43-25)8-41-47(38,48)45-21/h3,5,11-15,17-18,21,25-26H,4,6-10H2,1-2H3,(H,39,50)(H2,30,35,36);2,4,9-13,15-16,19-21,25-26H,3,5-8H2,1H3,(H,37,48)(H,49,50);2,4,9-12,14-17,20-21,25-26H,3,5-8H2,1H3,(H,38,48)/b5-3+;2*4-2+/t14-,15+,17+,18+,21+,25+,26+,47?,48?;13-,15+,16+,19+,20+,21-,25+,26+,27-,46?;14-,15-,16-,17-,20-,21-,25-,26-,46?,47?/m001/s1. The molecule has 9 fully saturated rings. The molecule has 14 aliphatic heterocycles. The summed E-state index contributed by atoms with van der Waals surface area (Å²) in [7, 11) is -2.88. The van der Waals surface area contributed by atoms with Gasteiger partial charge in [-0.2, -0.15) is 19.9 Å². The molecule has 51 nitrogen and oxygen atoms in total. The number of rotatable bonds is 4. The summed E-state index contributed by atoms with van der Waals surface area (Å²) in [5.41, 5.74) is 7.20. The summed E-state index contributed by atoms with van der Waals surface area (Å²) in [4.78, 5) is 99.7. The Balaban J connectivity index is 0.000000126. The minimum Gasteiger partial charge on any atom is -0.472 e. The number of aromatic nitrogens is 24. The minimum atomic E-state index is -4.22. The lowest BCUT2D eigenvalue weighted by Gasteiger charge is -2.38. The molecule has 0 radical (unpaired) electrons. The molecule has 30 atom stereocenters. The summed E-state index contributed by atoms with van der Waals surface area (Å²) in [6, 6.07) is 0. The van der Waals surface area contributed by atoms with Crippen LogP contribution in [0.4, 0.5) is 27.9 Å². The Kier molecular flexibility index (Phi) is 29.8. The Morgan fingerprint density at radius 2 is 0.919 bits per heavy atom. The van der Waals surface area contributed by atoms with E-state index in [1.165, 1.54) is 99.9 Å². The molecular formula is C80H90F5N25O26P6S6. The van der Waals surface area contributed by atoms with Gasteiger partial charge in [0.1, 0.15) is 141 Å². The van der Waals surface area contributed by atoms with E-state index < -0.39 is 214 Å². The average Bonchev–Trinajstić information content (AvgIpc) is 1.54. The average molecular weight is 2290 g/mol. The summed E-state index contributed by atoms with van der Waals surface area (Å²) >= 11 is 30.5. The van der Waals surface area contributed by atoms with Crippen LogP contribution in [0.5, 0.6) is 17.6 Å². The molecule has 41 bridgehead atoms. The van der Waals surface area contributed by atoms with Gasteiger partial charge in [0.05, 0.1) is 107 Å². The van der Waals surface area contributed by atoms with Gasteiger partial charge in [0.15, 0.2) is 119 Å². The largest absolute Gasteiger partial charge is 0.472 e. The highest BCUT2D eigenvalue weighted by Gasteiger charge is 2.69. The van der Waals surface area contributed by atoms with E-state index in [1.807, 2.05) is 24.3 Å². The number of thiol groups is 2. The number of imidazole rings is 6. The van der Waals surface area contributed by atoms with E-state index in [9.17, 15) is 18.9 Å². The van der Waals surface area contributed by atoms with Gasteiger partial charge >= 0.3 is 27.8 Å². The number of allylic oxidation sites excluding steroid dienone is 3. The van der Waals surface area contributed by atoms with Crippen molar-refractivity contribution in [3.8, 4) is 17.6 Å². The maximum Gasteiger partial charge on any atom is 0.386 e. The van der Waals surface area contributed by atoms with E-state index >= 15 is 22.0 Å². The number of nitrogens with two attached hydrogens (primary N) is 1. The van der Waals surface area contributed by atoms with Gasteiger partial charge < -0.3 is 99.1 Å². The highest BCUT2D eigenvalue weighted by molar-refractivity contribution is 8.60. The first-order valence-electron chi connectivity index (χ1n) is 45.8. The molecule has 6 unspecified atom stereocenters. The second-order valence-electron chi connectivity index (χ2n) is 35.4. The number of nitrogen functional groups attached to an aromatic ring is 1. The molecule has 68 heteroatoms. The number of anilines is 1. The van der Waals surface area contributed by atoms with Crippen molar-refractivity contribution in [2.24, 2.45) is 0 Å². The van der Waals surface area contributed by atoms with E-state index in [-0.39, 0.29) is 96.7 Å². The van der Waals surface area contributed by atoms with Crippen molar-refractivity contribution in [3.63, 3.8) is 0 Å². The normalized spacial score (nSPS) is 37.2. The fraction of sp³-hybridized carbons (Fsp3) is 0.550. The molecule has 26 rings (SSSR count). The molecule has 26 heterocycles. The monoisotopic (exact) mass is 2290 g/mol. The fourth-order valence-corrected chi connectivity index (χ4v) is 27.4. The van der Waals surface area contributed by atoms with Crippen LogP contribution in [0.15, 0.2) is 106 Å². The second-order valence-corrected chi connectivity index (χ2v) is 55.3. The molecule has 1 spiro atoms. The third-order valence-electron chi connectivity index (χ3n) is 26.0. The Morgan fingerprint density at radius 1 is 0.480 bits per heavy atom. The van der Waals surface area contributed by atoms with Gasteiger partial charge in [-0.15, -0.1) is 0 Å². The van der Waals surface area contributed by atoms with E-state index in [2.05, 4.69) is 114 Å². The van der Waals surface area contributed by atoms with Crippen molar-refractivity contribution < 1.29 is 143 Å². The van der Waals surface area contributed by atoms with Crippen LogP contribution in [-0.2, 0) is 163 Å². The number of ether oxygens (including phenoxy) is 10. The van der Waals surface area contributed by atoms with E-state index in [0.29, 0.717) is 83.3 Å². The van der Waals surface area contributed by atoms with Crippen molar-refractivity contribution >= 4 is 185 Å². The zero-order chi connectivity index (χ0) is 103. The lowest BCUT2D eigenvalue weighted by Crippen LogP contribution is -2.50. The van der Waals surface area contributed by atoms with Gasteiger partial charge in [0.2, 0.25) is 29.3 Å². The van der Waals surface area contributed by atoms with Crippen molar-refractivity contribution in [3.05, 3.63) is 123 Å². The lowest BCUT2D eigenvalue weighted by molar-refractivity contribution is -0.214. The predicted molar refractivity (Wildman–Crippen MR) is 525 cm³/mol. The maximum atomic E-state index is 16.5. The van der Waals surface area contributed by atoms with Gasteiger partial charge in [0, 0.05) is 26.9 Å².